The van der Waals surface area contributed by atoms with Crippen LogP contribution >= 0.6 is 0 Å². The molecule has 3 aromatic carbocycles. The zero-order chi connectivity index (χ0) is 22.7. The molecule has 0 aliphatic rings. The number of anilines is 1. The fourth-order valence-corrected chi connectivity index (χ4v) is 3.45. The summed E-state index contributed by atoms with van der Waals surface area (Å²) in [4.78, 5) is 25.1. The van der Waals surface area contributed by atoms with Gasteiger partial charge in [0.15, 0.2) is 6.61 Å². The Morgan fingerprint density at radius 1 is 0.969 bits per heavy atom. The van der Waals surface area contributed by atoms with Crippen molar-refractivity contribution in [1.82, 2.24) is 0 Å². The number of ether oxygens (including phenoxy) is 2. The molecule has 162 valence electrons. The number of rotatable bonds is 6. The van der Waals surface area contributed by atoms with E-state index in [1.165, 1.54) is 7.11 Å². The Hall–Kier alpha value is -4.06. The van der Waals surface area contributed by atoms with Crippen LogP contribution in [0.5, 0.6) is 11.5 Å². The van der Waals surface area contributed by atoms with Crippen LogP contribution in [-0.2, 0) is 4.79 Å². The first kappa shape index (κ1) is 21.2. The molecule has 0 bridgehead atoms. The van der Waals surface area contributed by atoms with Crippen molar-refractivity contribution in [1.29, 1.82) is 0 Å². The van der Waals surface area contributed by atoms with E-state index >= 15 is 0 Å². The minimum absolute atomic E-state index is 0.157. The number of methoxy groups -OCH3 is 1. The first-order valence-corrected chi connectivity index (χ1v) is 10.2. The number of nitrogens with one attached hydrogen (secondary N) is 1. The SMILES string of the molecule is COc1ccc(-c2cc3ccccc3oc2=O)cc1NC(=O)COc1cccc(C)c1C. The Morgan fingerprint density at radius 3 is 2.59 bits per heavy atom. The second-order valence-electron chi connectivity index (χ2n) is 7.44. The van der Waals surface area contributed by atoms with Gasteiger partial charge in [-0.15, -0.1) is 0 Å². The van der Waals surface area contributed by atoms with Crippen LogP contribution in [0.3, 0.4) is 0 Å². The molecular formula is C26H23NO5. The molecule has 0 spiro atoms. The summed E-state index contributed by atoms with van der Waals surface area (Å²) in [6.45, 7) is 3.78. The lowest BCUT2D eigenvalue weighted by Gasteiger charge is -2.14. The molecule has 6 heteroatoms. The highest BCUT2D eigenvalue weighted by Gasteiger charge is 2.14. The Kier molecular flexibility index (Phi) is 5.94. The molecule has 1 amide bonds. The third-order valence-corrected chi connectivity index (χ3v) is 5.34. The van der Waals surface area contributed by atoms with Crippen molar-refractivity contribution in [2.24, 2.45) is 0 Å². The van der Waals surface area contributed by atoms with Gasteiger partial charge in [0.25, 0.3) is 5.91 Å². The number of amides is 1. The summed E-state index contributed by atoms with van der Waals surface area (Å²) in [5.74, 6) is 0.792. The van der Waals surface area contributed by atoms with E-state index in [4.69, 9.17) is 13.9 Å². The van der Waals surface area contributed by atoms with Crippen LogP contribution in [0.1, 0.15) is 11.1 Å². The second-order valence-corrected chi connectivity index (χ2v) is 7.44. The van der Waals surface area contributed by atoms with Gasteiger partial charge in [-0.05, 0) is 60.9 Å². The zero-order valence-corrected chi connectivity index (χ0v) is 18.1. The van der Waals surface area contributed by atoms with Gasteiger partial charge in [-0.25, -0.2) is 4.79 Å². The Bertz CT molecular complexity index is 1360. The van der Waals surface area contributed by atoms with Crippen LogP contribution in [0.25, 0.3) is 22.1 Å². The molecule has 0 saturated carbocycles. The van der Waals surface area contributed by atoms with E-state index in [-0.39, 0.29) is 12.5 Å². The monoisotopic (exact) mass is 429 g/mol. The van der Waals surface area contributed by atoms with Crippen LogP contribution in [-0.4, -0.2) is 19.6 Å². The summed E-state index contributed by atoms with van der Waals surface area (Å²) in [6.07, 6.45) is 0. The fourth-order valence-electron chi connectivity index (χ4n) is 3.45. The topological polar surface area (TPSA) is 77.8 Å². The van der Waals surface area contributed by atoms with Crippen LogP contribution in [0.15, 0.2) is 75.9 Å². The van der Waals surface area contributed by atoms with E-state index in [2.05, 4.69) is 5.32 Å². The standard InChI is InChI=1S/C26H23NO5/c1-16-7-6-10-22(17(16)2)31-15-25(28)27-21-14-18(11-12-24(21)30-3)20-13-19-8-4-5-9-23(19)32-26(20)29/h4-14H,15H2,1-3H3,(H,27,28). The first-order valence-electron chi connectivity index (χ1n) is 10.2. The predicted octanol–water partition coefficient (Wildman–Crippen LogP) is 5.10. The van der Waals surface area contributed by atoms with E-state index in [1.807, 2.05) is 50.2 Å². The number of hydrogen-bond donors (Lipinski definition) is 1. The number of aryl methyl sites for hydroxylation is 1. The highest BCUT2D eigenvalue weighted by molar-refractivity contribution is 5.94. The molecule has 0 atom stereocenters. The van der Waals surface area contributed by atoms with Gasteiger partial charge in [0.05, 0.1) is 18.4 Å². The fraction of sp³-hybridized carbons (Fsp3) is 0.154. The van der Waals surface area contributed by atoms with Crippen molar-refractivity contribution in [3.63, 3.8) is 0 Å². The van der Waals surface area contributed by atoms with Crippen molar-refractivity contribution in [3.8, 4) is 22.6 Å². The van der Waals surface area contributed by atoms with Gasteiger partial charge in [-0.3, -0.25) is 4.79 Å². The molecule has 0 radical (unpaired) electrons. The highest BCUT2D eigenvalue weighted by Crippen LogP contribution is 2.30. The van der Waals surface area contributed by atoms with Gasteiger partial charge in [0.1, 0.15) is 17.1 Å². The molecule has 0 aliphatic carbocycles. The summed E-state index contributed by atoms with van der Waals surface area (Å²) in [5.41, 5.74) is 3.59. The maximum absolute atomic E-state index is 12.6. The number of fused-ring (bicyclic) bond motifs is 1. The van der Waals surface area contributed by atoms with Gasteiger partial charge >= 0.3 is 5.63 Å². The molecule has 4 rings (SSSR count). The quantitative estimate of drug-likeness (QED) is 0.431. The molecule has 32 heavy (non-hydrogen) atoms. The first-order chi connectivity index (χ1) is 15.5. The molecule has 0 aliphatic heterocycles. The average molecular weight is 429 g/mol. The molecular weight excluding hydrogens is 406 g/mol. The molecule has 1 heterocycles. The molecule has 0 saturated heterocycles. The van der Waals surface area contributed by atoms with Crippen molar-refractivity contribution in [2.75, 3.05) is 19.0 Å². The number of benzene rings is 3. The third-order valence-electron chi connectivity index (χ3n) is 5.34. The van der Waals surface area contributed by atoms with Crippen LogP contribution in [0.2, 0.25) is 0 Å². The number of carbonyl (C=O) groups is 1. The van der Waals surface area contributed by atoms with Gasteiger partial charge in [-0.2, -0.15) is 0 Å². The highest BCUT2D eigenvalue weighted by atomic mass is 16.5. The molecule has 1 aromatic heterocycles. The number of para-hydroxylation sites is 1. The maximum Gasteiger partial charge on any atom is 0.344 e. The van der Waals surface area contributed by atoms with Gasteiger partial charge in [0, 0.05) is 5.39 Å². The van der Waals surface area contributed by atoms with Crippen molar-refractivity contribution in [3.05, 3.63) is 88.3 Å². The Morgan fingerprint density at radius 2 is 1.78 bits per heavy atom. The van der Waals surface area contributed by atoms with E-state index in [9.17, 15) is 9.59 Å². The minimum Gasteiger partial charge on any atom is -0.495 e. The van der Waals surface area contributed by atoms with Crippen molar-refractivity contribution >= 4 is 22.6 Å². The third kappa shape index (κ3) is 4.34. The van der Waals surface area contributed by atoms with Crippen LogP contribution in [0, 0.1) is 13.8 Å². The summed E-state index contributed by atoms with van der Waals surface area (Å²) in [6, 6.07) is 19.9. The summed E-state index contributed by atoms with van der Waals surface area (Å²) >= 11 is 0. The van der Waals surface area contributed by atoms with Gasteiger partial charge in [-0.1, -0.05) is 36.4 Å². The van der Waals surface area contributed by atoms with Crippen molar-refractivity contribution < 1.29 is 18.7 Å². The lowest BCUT2D eigenvalue weighted by molar-refractivity contribution is -0.118. The van der Waals surface area contributed by atoms with Crippen LogP contribution < -0.4 is 20.4 Å². The largest absolute Gasteiger partial charge is 0.495 e. The van der Waals surface area contributed by atoms with Crippen LogP contribution in [0.4, 0.5) is 5.69 Å². The molecule has 6 nitrogen and oxygen atoms in total. The van der Waals surface area contributed by atoms with E-state index < -0.39 is 5.63 Å². The number of hydrogen-bond acceptors (Lipinski definition) is 5. The molecule has 4 aromatic rings. The minimum atomic E-state index is -0.454. The summed E-state index contributed by atoms with van der Waals surface area (Å²) < 4.78 is 16.5. The van der Waals surface area contributed by atoms with E-state index in [1.54, 1.807) is 30.3 Å². The molecule has 0 fully saturated rings. The van der Waals surface area contributed by atoms with Gasteiger partial charge in [0.2, 0.25) is 0 Å². The smallest absolute Gasteiger partial charge is 0.344 e. The average Bonchev–Trinajstić information content (AvgIpc) is 2.79. The lowest BCUT2D eigenvalue weighted by Crippen LogP contribution is -2.21. The van der Waals surface area contributed by atoms with E-state index in [0.717, 1.165) is 16.5 Å². The van der Waals surface area contributed by atoms with Crippen molar-refractivity contribution in [2.45, 2.75) is 13.8 Å². The molecule has 1 N–H and O–H groups in total. The zero-order valence-electron chi connectivity index (χ0n) is 18.1. The maximum atomic E-state index is 12.6. The summed E-state index contributed by atoms with van der Waals surface area (Å²) in [7, 11) is 1.52. The normalized spacial score (nSPS) is 10.7. The van der Waals surface area contributed by atoms with Gasteiger partial charge < -0.3 is 19.2 Å². The lowest BCUT2D eigenvalue weighted by atomic mass is 10.0. The Labute approximate surface area is 185 Å². The van der Waals surface area contributed by atoms with E-state index in [0.29, 0.717) is 33.9 Å². The number of carbonyl (C=O) groups excluding carboxylic acids is 1. The second kappa shape index (κ2) is 8.98. The predicted molar refractivity (Wildman–Crippen MR) is 125 cm³/mol. The Balaban J connectivity index is 1.58. The summed E-state index contributed by atoms with van der Waals surface area (Å²) in [5, 5.41) is 3.62. The molecule has 0 unspecified atom stereocenters.